The van der Waals surface area contributed by atoms with Crippen molar-refractivity contribution >= 4 is 29.4 Å². The van der Waals surface area contributed by atoms with Gasteiger partial charge in [0.15, 0.2) is 0 Å². The molecule has 6 nitrogen and oxygen atoms in total. The van der Waals surface area contributed by atoms with E-state index < -0.39 is 27.7 Å². The quantitative estimate of drug-likeness (QED) is 0.482. The lowest BCUT2D eigenvalue weighted by Crippen LogP contribution is -2.71. The summed E-state index contributed by atoms with van der Waals surface area (Å²) in [5.74, 6) is -2.16. The Bertz CT molecular complexity index is 833. The van der Waals surface area contributed by atoms with E-state index in [4.69, 9.17) is 4.84 Å². The summed E-state index contributed by atoms with van der Waals surface area (Å²) < 4.78 is 13.8. The van der Waals surface area contributed by atoms with Gasteiger partial charge in [0.05, 0.1) is 16.5 Å². The molecule has 2 saturated heterocycles. The van der Waals surface area contributed by atoms with Crippen molar-refractivity contribution in [2.75, 3.05) is 0 Å². The SMILES string of the molecule is CC(C)(C)ON=C(c1ccccc1F)[C@@]1(C(=O)O)N2C(=O)C[C@H]2SC1(C)C. The molecule has 1 amide bonds. The van der Waals surface area contributed by atoms with Gasteiger partial charge in [-0.25, -0.2) is 9.18 Å². The Hall–Kier alpha value is -2.09. The first kappa shape index (κ1) is 19.7. The number of aliphatic carboxylic acids is 1. The molecule has 0 spiro atoms. The third-order valence-electron chi connectivity index (χ3n) is 4.76. The predicted molar refractivity (Wildman–Crippen MR) is 101 cm³/mol. The maximum Gasteiger partial charge on any atom is 0.337 e. The summed E-state index contributed by atoms with van der Waals surface area (Å²) in [6, 6.07) is 5.82. The number of halogens is 1. The number of fused-ring (bicyclic) bond motifs is 1. The lowest BCUT2D eigenvalue weighted by Gasteiger charge is -2.46. The lowest BCUT2D eigenvalue weighted by atomic mass is 9.75. The number of benzene rings is 1. The number of carboxylic acid groups (broad SMARTS) is 1. The van der Waals surface area contributed by atoms with E-state index in [1.165, 1.54) is 34.9 Å². The molecule has 27 heavy (non-hydrogen) atoms. The highest BCUT2D eigenvalue weighted by Crippen LogP contribution is 2.58. The van der Waals surface area contributed by atoms with Crippen molar-refractivity contribution in [1.29, 1.82) is 0 Å². The molecule has 0 bridgehead atoms. The summed E-state index contributed by atoms with van der Waals surface area (Å²) in [5, 5.41) is 14.2. The van der Waals surface area contributed by atoms with Gasteiger partial charge in [0, 0.05) is 5.56 Å². The third kappa shape index (κ3) is 2.90. The number of hydrogen-bond donors (Lipinski definition) is 1. The van der Waals surface area contributed by atoms with Gasteiger partial charge < -0.3 is 14.8 Å². The standard InChI is InChI=1S/C19H23FN2O4S/c1-17(2,3)26-21-15(11-8-6-7-9-12(11)20)19(16(24)25)18(4,5)27-14-10-13(23)22(14)19/h6-9,14H,10H2,1-5H3,(H,24,25)/t14-,19+/m1/s1. The van der Waals surface area contributed by atoms with Crippen LogP contribution in [0.25, 0.3) is 0 Å². The topological polar surface area (TPSA) is 79.2 Å². The Morgan fingerprint density at radius 2 is 2.00 bits per heavy atom. The second kappa shape index (κ2) is 6.22. The Balaban J connectivity index is 2.30. The molecule has 2 aliphatic rings. The van der Waals surface area contributed by atoms with Gasteiger partial charge in [-0.05, 0) is 46.8 Å². The molecule has 8 heteroatoms. The van der Waals surface area contributed by atoms with E-state index in [9.17, 15) is 19.1 Å². The van der Waals surface area contributed by atoms with Crippen LogP contribution in [-0.4, -0.2) is 48.9 Å². The number of thioether (sulfide) groups is 1. The summed E-state index contributed by atoms with van der Waals surface area (Å²) in [6.07, 6.45) is 0.258. The van der Waals surface area contributed by atoms with Gasteiger partial charge >= 0.3 is 5.97 Å². The van der Waals surface area contributed by atoms with Crippen molar-refractivity contribution in [1.82, 2.24) is 4.90 Å². The van der Waals surface area contributed by atoms with Crippen molar-refractivity contribution in [3.8, 4) is 0 Å². The van der Waals surface area contributed by atoms with E-state index in [2.05, 4.69) is 5.16 Å². The zero-order valence-corrected chi connectivity index (χ0v) is 16.8. The van der Waals surface area contributed by atoms with Gasteiger partial charge in [0.1, 0.15) is 17.1 Å². The maximum absolute atomic E-state index is 14.7. The molecular formula is C19H23FN2O4S. The van der Waals surface area contributed by atoms with E-state index >= 15 is 0 Å². The monoisotopic (exact) mass is 394 g/mol. The minimum Gasteiger partial charge on any atom is -0.479 e. The average Bonchev–Trinajstić information content (AvgIpc) is 2.72. The summed E-state index contributed by atoms with van der Waals surface area (Å²) in [6.45, 7) is 8.76. The first-order chi connectivity index (χ1) is 12.4. The number of carbonyl (C=O) groups is 2. The number of carbonyl (C=O) groups excluding carboxylic acids is 1. The largest absolute Gasteiger partial charge is 0.479 e. The molecule has 146 valence electrons. The smallest absolute Gasteiger partial charge is 0.337 e. The summed E-state index contributed by atoms with van der Waals surface area (Å²) >= 11 is 1.38. The molecular weight excluding hydrogens is 371 g/mol. The molecule has 2 heterocycles. The number of carboxylic acids is 1. The minimum atomic E-state index is -1.84. The molecule has 2 aliphatic heterocycles. The zero-order valence-electron chi connectivity index (χ0n) is 15.9. The van der Waals surface area contributed by atoms with Crippen LogP contribution in [0.15, 0.2) is 29.4 Å². The Morgan fingerprint density at radius 1 is 1.37 bits per heavy atom. The molecule has 2 fully saturated rings. The van der Waals surface area contributed by atoms with Crippen LogP contribution in [0.1, 0.15) is 46.6 Å². The fourth-order valence-electron chi connectivity index (χ4n) is 3.61. The van der Waals surface area contributed by atoms with E-state index in [0.29, 0.717) is 0 Å². The second-order valence-electron chi connectivity index (χ2n) is 8.19. The highest BCUT2D eigenvalue weighted by atomic mass is 32.2. The molecule has 1 N–H and O–H groups in total. The Kier molecular flexibility index (Phi) is 4.53. The zero-order chi connectivity index (χ0) is 20.2. The van der Waals surface area contributed by atoms with Gasteiger partial charge in [0.2, 0.25) is 11.4 Å². The Morgan fingerprint density at radius 3 is 2.52 bits per heavy atom. The van der Waals surface area contributed by atoms with Crippen molar-refractivity contribution in [3.63, 3.8) is 0 Å². The second-order valence-corrected chi connectivity index (χ2v) is 9.99. The van der Waals surface area contributed by atoms with Crippen LogP contribution >= 0.6 is 11.8 Å². The van der Waals surface area contributed by atoms with Gasteiger partial charge in [-0.1, -0.05) is 17.3 Å². The van der Waals surface area contributed by atoms with Gasteiger partial charge in [-0.3, -0.25) is 4.79 Å². The molecule has 0 aromatic heterocycles. The highest BCUT2D eigenvalue weighted by molar-refractivity contribution is 8.01. The third-order valence-corrected chi connectivity index (χ3v) is 6.30. The van der Waals surface area contributed by atoms with Crippen molar-refractivity contribution in [2.24, 2.45) is 5.16 Å². The maximum atomic E-state index is 14.7. The van der Waals surface area contributed by atoms with Gasteiger partial charge in [-0.15, -0.1) is 11.8 Å². The summed E-state index contributed by atoms with van der Waals surface area (Å²) in [4.78, 5) is 31.9. The molecule has 0 aliphatic carbocycles. The molecule has 0 unspecified atom stereocenters. The lowest BCUT2D eigenvalue weighted by molar-refractivity contribution is -0.162. The number of β-lactam (4-membered cyclic amide) rings is 1. The first-order valence-electron chi connectivity index (χ1n) is 8.67. The van der Waals surface area contributed by atoms with Crippen LogP contribution in [0.3, 0.4) is 0 Å². The number of nitrogens with zero attached hydrogens (tertiary/aromatic N) is 2. The molecule has 3 rings (SSSR count). The molecule has 2 atom stereocenters. The summed E-state index contributed by atoms with van der Waals surface area (Å²) in [5.41, 5.74) is -2.65. The predicted octanol–water partition coefficient (Wildman–Crippen LogP) is 3.25. The van der Waals surface area contributed by atoms with Crippen molar-refractivity contribution in [2.45, 2.75) is 62.3 Å². The first-order valence-corrected chi connectivity index (χ1v) is 9.55. The molecule has 0 radical (unpaired) electrons. The fourth-order valence-corrected chi connectivity index (χ4v) is 5.35. The molecule has 0 saturated carbocycles. The van der Waals surface area contributed by atoms with Crippen LogP contribution in [0.4, 0.5) is 4.39 Å². The van der Waals surface area contributed by atoms with Crippen molar-refractivity contribution < 1.29 is 23.9 Å². The van der Waals surface area contributed by atoms with E-state index in [1.807, 2.05) is 0 Å². The van der Waals surface area contributed by atoms with E-state index in [0.717, 1.165) is 0 Å². The van der Waals surface area contributed by atoms with Crippen LogP contribution in [0.2, 0.25) is 0 Å². The van der Waals surface area contributed by atoms with E-state index in [-0.39, 0.29) is 29.0 Å². The van der Waals surface area contributed by atoms with E-state index in [1.54, 1.807) is 40.7 Å². The van der Waals surface area contributed by atoms with Gasteiger partial charge in [-0.2, -0.15) is 0 Å². The van der Waals surface area contributed by atoms with Crippen LogP contribution in [-0.2, 0) is 14.4 Å². The van der Waals surface area contributed by atoms with Crippen LogP contribution in [0.5, 0.6) is 0 Å². The minimum absolute atomic E-state index is 0.0122. The summed E-state index contributed by atoms with van der Waals surface area (Å²) in [7, 11) is 0. The number of hydrogen-bond acceptors (Lipinski definition) is 5. The highest BCUT2D eigenvalue weighted by Gasteiger charge is 2.72. The van der Waals surface area contributed by atoms with Crippen LogP contribution in [0, 0.1) is 5.82 Å². The average molecular weight is 394 g/mol. The number of rotatable bonds is 4. The molecule has 1 aromatic rings. The molecule has 1 aromatic carbocycles. The van der Waals surface area contributed by atoms with Crippen LogP contribution < -0.4 is 0 Å². The Labute approximate surface area is 161 Å². The van der Waals surface area contributed by atoms with Gasteiger partial charge in [0.25, 0.3) is 0 Å². The number of oxime groups is 1. The number of amides is 1. The normalized spacial score (nSPS) is 27.2. The van der Waals surface area contributed by atoms with Crippen molar-refractivity contribution in [3.05, 3.63) is 35.6 Å². The fraction of sp³-hybridized carbons (Fsp3) is 0.526.